The molecule has 8 heterocycles. The molecule has 0 radical (unpaired) electrons. The molecule has 0 bridgehead atoms. The summed E-state index contributed by atoms with van der Waals surface area (Å²) in [7, 11) is 0. The number of fused-ring (bicyclic) bond motifs is 3. The molecule has 17 nitrogen and oxygen atoms in total. The molecule has 18 heteroatoms. The lowest BCUT2D eigenvalue weighted by Crippen LogP contribution is -2.82. The van der Waals surface area contributed by atoms with Crippen molar-refractivity contribution in [1.29, 1.82) is 0 Å². The van der Waals surface area contributed by atoms with Gasteiger partial charge in [0.25, 0.3) is 17.8 Å². The number of nitrogens with zero attached hydrogens (tertiary/aromatic N) is 8. The van der Waals surface area contributed by atoms with Crippen molar-refractivity contribution >= 4 is 58.0 Å². The molecule has 4 aromatic rings. The minimum atomic E-state index is -0.982. The molecule has 366 valence electrons. The van der Waals surface area contributed by atoms with Gasteiger partial charge >= 0.3 is 11.8 Å². The number of anilines is 2. The Balaban J connectivity index is 0.704. The third-order valence-corrected chi connectivity index (χ3v) is 15.3. The van der Waals surface area contributed by atoms with Crippen LogP contribution >= 0.6 is 0 Å². The Morgan fingerprint density at radius 3 is 2.49 bits per heavy atom. The van der Waals surface area contributed by atoms with E-state index in [-0.39, 0.29) is 48.1 Å². The number of hydrogen-bond acceptors (Lipinski definition) is 14. The van der Waals surface area contributed by atoms with Gasteiger partial charge in [-0.25, -0.2) is 14.2 Å². The van der Waals surface area contributed by atoms with Crippen LogP contribution in [-0.4, -0.2) is 144 Å². The number of pyridine rings is 1. The minimum Gasteiger partial charge on any atom is -0.462 e. The van der Waals surface area contributed by atoms with Crippen LogP contribution in [-0.2, 0) is 16.1 Å². The molecule has 7 aliphatic rings. The van der Waals surface area contributed by atoms with Gasteiger partial charge in [-0.1, -0.05) is 44.2 Å². The summed E-state index contributed by atoms with van der Waals surface area (Å²) in [6.45, 7) is 12.8. The van der Waals surface area contributed by atoms with E-state index in [1.807, 2.05) is 22.3 Å². The summed E-state index contributed by atoms with van der Waals surface area (Å²) < 4.78 is 22.0. The van der Waals surface area contributed by atoms with E-state index in [4.69, 9.17) is 19.8 Å². The van der Waals surface area contributed by atoms with Gasteiger partial charge in [-0.3, -0.25) is 29.7 Å². The number of benzene rings is 3. The summed E-state index contributed by atoms with van der Waals surface area (Å²) in [6.07, 6.45) is 7.60. The first kappa shape index (κ1) is 45.9. The van der Waals surface area contributed by atoms with E-state index >= 15 is 4.39 Å². The van der Waals surface area contributed by atoms with Crippen molar-refractivity contribution in [3.8, 4) is 11.3 Å². The second-order valence-corrected chi connectivity index (χ2v) is 20.1. The van der Waals surface area contributed by atoms with Gasteiger partial charge in [-0.05, 0) is 91.8 Å². The zero-order valence-electron chi connectivity index (χ0n) is 39.8. The van der Waals surface area contributed by atoms with Crippen LogP contribution in [0.15, 0.2) is 77.0 Å². The number of carbonyl (C=O) groups excluding carboxylic acids is 3. The number of aromatic nitrogens is 1. The van der Waals surface area contributed by atoms with E-state index in [9.17, 15) is 19.5 Å². The summed E-state index contributed by atoms with van der Waals surface area (Å²) in [6, 6.07) is 19.5. The van der Waals surface area contributed by atoms with Crippen LogP contribution in [0, 0.1) is 23.6 Å². The molecular formula is C52H62FN12O5+. The number of aliphatic imine (C=N–C) groups is 1. The van der Waals surface area contributed by atoms with E-state index in [0.717, 1.165) is 110 Å². The van der Waals surface area contributed by atoms with Crippen molar-refractivity contribution in [2.45, 2.75) is 83.5 Å². The van der Waals surface area contributed by atoms with E-state index in [2.05, 4.69) is 93.1 Å². The van der Waals surface area contributed by atoms with Crippen LogP contribution in [0.25, 0.3) is 22.0 Å². The number of ether oxygens (including phenoxy) is 1. The molecule has 11 rings (SSSR count). The van der Waals surface area contributed by atoms with Gasteiger partial charge in [0.2, 0.25) is 0 Å². The van der Waals surface area contributed by atoms with Crippen LogP contribution in [0.5, 0.6) is 0 Å². The topological polar surface area (TPSA) is 185 Å². The molecule has 2 unspecified atom stereocenters. The fourth-order valence-electron chi connectivity index (χ4n) is 11.3. The molecule has 3 amide bonds. The number of amidine groups is 1. The van der Waals surface area contributed by atoms with Gasteiger partial charge in [-0.15, -0.1) is 4.99 Å². The zero-order chi connectivity index (χ0) is 48.0. The summed E-state index contributed by atoms with van der Waals surface area (Å²) in [5, 5.41) is 30.2. The first-order valence-electron chi connectivity index (χ1n) is 25.1. The fraction of sp³-hybridized carbons (Fsp3) is 0.481. The van der Waals surface area contributed by atoms with Crippen LogP contribution in [0.2, 0.25) is 0 Å². The predicted octanol–water partition coefficient (Wildman–Crippen LogP) is 3.40. The number of nitrogens with one attached hydrogen (secondary N) is 4. The lowest BCUT2D eigenvalue weighted by atomic mass is 9.94. The number of amides is 3. The molecule has 0 aliphatic carbocycles. The molecule has 3 aromatic carbocycles. The van der Waals surface area contributed by atoms with Gasteiger partial charge < -0.3 is 30.3 Å². The highest BCUT2D eigenvalue weighted by molar-refractivity contribution is 6.23. The third-order valence-electron chi connectivity index (χ3n) is 15.3. The Kier molecular flexibility index (Phi) is 12.7. The number of piperidine rings is 2. The smallest absolute Gasteiger partial charge is 0.388 e. The minimum absolute atomic E-state index is 0.0199. The maximum atomic E-state index is 15.6. The molecule has 3 fully saturated rings. The molecule has 7 aliphatic heterocycles. The van der Waals surface area contributed by atoms with Crippen molar-refractivity contribution in [2.75, 3.05) is 68.7 Å². The lowest BCUT2D eigenvalue weighted by Gasteiger charge is -2.40. The highest BCUT2D eigenvalue weighted by atomic mass is 19.1. The molecule has 0 spiro atoms. The van der Waals surface area contributed by atoms with E-state index in [0.29, 0.717) is 43.2 Å². The molecule has 5 N–H and O–H groups in total. The summed E-state index contributed by atoms with van der Waals surface area (Å²) in [4.78, 5) is 58.6. The van der Waals surface area contributed by atoms with E-state index in [1.54, 1.807) is 0 Å². The Bertz CT molecular complexity index is 2760. The number of aliphatic hydroxyl groups excluding tert-OH is 1. The molecular weight excluding hydrogens is 892 g/mol. The number of piperazine rings is 1. The van der Waals surface area contributed by atoms with Gasteiger partial charge in [0.15, 0.2) is 12.3 Å². The SMILES string of the molecule is CC(C)[C@@H]1C=NN2C(NCc3ccccc3-c3nccc4cc(N5CCN(CC6CCN(c7cc8c(cc7F)C(=O)N(C7CCC(=O)[NH+]=C7O)C8=O)CC6)CC5)ccc34)N=C(O[C@@H]3CCCNC3)N[C@H]12. The second kappa shape index (κ2) is 19.4. The lowest BCUT2D eigenvalue weighted by molar-refractivity contribution is -0.394. The van der Waals surface area contributed by atoms with Crippen molar-refractivity contribution in [3.05, 3.63) is 89.4 Å². The number of hydrogen-bond donors (Lipinski definition) is 5. The van der Waals surface area contributed by atoms with Crippen LogP contribution in [0.4, 0.5) is 15.8 Å². The maximum absolute atomic E-state index is 15.6. The number of halogens is 1. The molecule has 5 atom stereocenters. The Morgan fingerprint density at radius 1 is 0.914 bits per heavy atom. The Labute approximate surface area is 406 Å². The quantitative estimate of drug-likeness (QED) is 0.138. The normalized spacial score (nSPS) is 25.4. The maximum Gasteiger partial charge on any atom is 0.388 e. The third kappa shape index (κ3) is 8.96. The Hall–Kier alpha value is -6.50. The molecule has 70 heavy (non-hydrogen) atoms. The monoisotopic (exact) mass is 953 g/mol. The highest BCUT2D eigenvalue weighted by Crippen LogP contribution is 2.36. The van der Waals surface area contributed by atoms with Crippen molar-refractivity contribution in [2.24, 2.45) is 27.8 Å². The average molecular weight is 954 g/mol. The first-order valence-corrected chi connectivity index (χ1v) is 25.1. The van der Waals surface area contributed by atoms with E-state index in [1.165, 1.54) is 11.8 Å². The largest absolute Gasteiger partial charge is 0.462 e. The van der Waals surface area contributed by atoms with Crippen LogP contribution < -0.4 is 30.7 Å². The molecule has 0 saturated carbocycles. The van der Waals surface area contributed by atoms with Crippen molar-refractivity contribution in [1.82, 2.24) is 35.7 Å². The summed E-state index contributed by atoms with van der Waals surface area (Å²) in [5.74, 6) is -1.56. The number of imide groups is 1. The number of carbonyl (C=O) groups is 3. The zero-order valence-corrected chi connectivity index (χ0v) is 39.8. The summed E-state index contributed by atoms with van der Waals surface area (Å²) in [5.41, 5.74) is 4.74. The van der Waals surface area contributed by atoms with Gasteiger partial charge in [0.05, 0.1) is 28.9 Å². The summed E-state index contributed by atoms with van der Waals surface area (Å²) >= 11 is 0. The number of aliphatic hydroxyl groups is 1. The average Bonchev–Trinajstić information content (AvgIpc) is 3.91. The van der Waals surface area contributed by atoms with Crippen LogP contribution in [0.1, 0.15) is 78.7 Å². The first-order chi connectivity index (χ1) is 34.1. The van der Waals surface area contributed by atoms with Crippen molar-refractivity contribution in [3.63, 3.8) is 0 Å². The predicted molar refractivity (Wildman–Crippen MR) is 265 cm³/mol. The molecule has 3 saturated heterocycles. The second-order valence-electron chi connectivity index (χ2n) is 20.1. The van der Waals surface area contributed by atoms with Gasteiger partial charge in [-0.2, -0.15) is 10.1 Å². The van der Waals surface area contributed by atoms with Gasteiger partial charge in [0, 0.05) is 93.9 Å². The fourth-order valence-corrected chi connectivity index (χ4v) is 11.3. The van der Waals surface area contributed by atoms with Gasteiger partial charge in [0.1, 0.15) is 18.1 Å². The number of rotatable bonds is 11. The van der Waals surface area contributed by atoms with Crippen molar-refractivity contribution < 1.29 is 33.6 Å². The highest BCUT2D eigenvalue weighted by Gasteiger charge is 2.47. The van der Waals surface area contributed by atoms with Crippen LogP contribution in [0.3, 0.4) is 0 Å². The molecule has 1 aromatic heterocycles. The Morgan fingerprint density at radius 2 is 1.71 bits per heavy atom. The standard InChI is InChI=1S/C52H61FN12O5/c1-31(2)41-29-57-65-47(41)59-52(70-36-7-5-16-54-28-36)60-51(65)56-27-34-6-3-4-8-37(34)46-38-10-9-35(24-33(38)13-17-55-46)62-22-20-61(21-23-62)30-32-14-18-63(19-15-32)44-26-40-39(25-42(44)53)49(68)64(50(40)69)43-11-12-45(66)58-48(43)67/h3-4,6,8-10,13,17,24-26,29,31-32,36,41,43,47,51,54,56H,5,7,11-12,14-16,18-23,27-28,30H2,1-2H3,(H,59,60)(H,58,66,67)/p+1/t36-,41+,43?,47+,51?/m1/s1. The van der Waals surface area contributed by atoms with E-state index < -0.39 is 35.9 Å². The number of hydrazone groups is 1.